The fraction of sp³-hybridized carbons (Fsp3) is 0.300. The first kappa shape index (κ1) is 11.5. The molecule has 1 rings (SSSR count). The van der Waals surface area contributed by atoms with Crippen LogP contribution < -0.4 is 5.32 Å². The van der Waals surface area contributed by atoms with Crippen molar-refractivity contribution < 1.29 is 20.1 Å². The first-order chi connectivity index (χ1) is 7.19. The number of benzene rings is 1. The molecule has 0 radical (unpaired) electrons. The molecule has 0 spiro atoms. The SMILES string of the molecule is O=C(NC(CO)CO)c1ccccc1O. The van der Waals surface area contributed by atoms with E-state index >= 15 is 0 Å². The summed E-state index contributed by atoms with van der Waals surface area (Å²) < 4.78 is 0. The zero-order valence-corrected chi connectivity index (χ0v) is 8.05. The second kappa shape index (κ2) is 5.33. The molecule has 0 bridgehead atoms. The molecule has 5 nitrogen and oxygen atoms in total. The molecule has 15 heavy (non-hydrogen) atoms. The molecule has 0 aromatic heterocycles. The van der Waals surface area contributed by atoms with E-state index in [1.54, 1.807) is 12.1 Å². The Bertz CT molecular complexity index is 336. The number of carbonyl (C=O) groups excluding carboxylic acids is 1. The third-order valence-electron chi connectivity index (χ3n) is 1.92. The number of aliphatic hydroxyl groups excluding tert-OH is 2. The number of aromatic hydroxyl groups is 1. The monoisotopic (exact) mass is 211 g/mol. The summed E-state index contributed by atoms with van der Waals surface area (Å²) in [7, 11) is 0. The largest absolute Gasteiger partial charge is 0.507 e. The van der Waals surface area contributed by atoms with Gasteiger partial charge in [0.15, 0.2) is 0 Å². The highest BCUT2D eigenvalue weighted by atomic mass is 16.3. The molecule has 0 aliphatic heterocycles. The molecule has 0 saturated carbocycles. The topological polar surface area (TPSA) is 89.8 Å². The Morgan fingerprint density at radius 3 is 2.40 bits per heavy atom. The molecule has 0 aliphatic rings. The first-order valence-electron chi connectivity index (χ1n) is 4.49. The Balaban J connectivity index is 2.73. The molecule has 1 amide bonds. The van der Waals surface area contributed by atoms with E-state index in [-0.39, 0.29) is 24.5 Å². The maximum absolute atomic E-state index is 11.5. The fourth-order valence-corrected chi connectivity index (χ4v) is 1.08. The van der Waals surface area contributed by atoms with Gasteiger partial charge in [0, 0.05) is 0 Å². The van der Waals surface area contributed by atoms with Crippen molar-refractivity contribution >= 4 is 5.91 Å². The number of aliphatic hydroxyl groups is 2. The highest BCUT2D eigenvalue weighted by Gasteiger charge is 2.14. The maximum Gasteiger partial charge on any atom is 0.255 e. The van der Waals surface area contributed by atoms with Crippen molar-refractivity contribution in [1.82, 2.24) is 5.32 Å². The Hall–Kier alpha value is -1.59. The van der Waals surface area contributed by atoms with Crippen molar-refractivity contribution in [3.8, 4) is 5.75 Å². The Kier molecular flexibility index (Phi) is 4.08. The van der Waals surface area contributed by atoms with Crippen molar-refractivity contribution in [2.75, 3.05) is 13.2 Å². The van der Waals surface area contributed by atoms with Gasteiger partial charge in [-0.3, -0.25) is 4.79 Å². The van der Waals surface area contributed by atoms with Crippen molar-refractivity contribution in [2.24, 2.45) is 0 Å². The lowest BCUT2D eigenvalue weighted by Crippen LogP contribution is -2.40. The zero-order valence-electron chi connectivity index (χ0n) is 8.05. The van der Waals surface area contributed by atoms with Crippen LogP contribution in [0.3, 0.4) is 0 Å². The van der Waals surface area contributed by atoms with Gasteiger partial charge in [-0.15, -0.1) is 0 Å². The van der Waals surface area contributed by atoms with Crippen LogP contribution in [0.2, 0.25) is 0 Å². The third-order valence-corrected chi connectivity index (χ3v) is 1.92. The molecule has 0 atom stereocenters. The normalized spacial score (nSPS) is 10.3. The summed E-state index contributed by atoms with van der Waals surface area (Å²) in [6, 6.07) is 5.35. The van der Waals surface area contributed by atoms with Crippen molar-refractivity contribution in [2.45, 2.75) is 6.04 Å². The maximum atomic E-state index is 11.5. The van der Waals surface area contributed by atoms with Gasteiger partial charge < -0.3 is 20.6 Å². The second-order valence-corrected chi connectivity index (χ2v) is 3.05. The van der Waals surface area contributed by atoms with Crippen LogP contribution in [-0.2, 0) is 0 Å². The number of hydrogen-bond acceptors (Lipinski definition) is 4. The Morgan fingerprint density at radius 1 is 1.27 bits per heavy atom. The van der Waals surface area contributed by atoms with Crippen LogP contribution in [0.15, 0.2) is 24.3 Å². The van der Waals surface area contributed by atoms with E-state index in [9.17, 15) is 9.90 Å². The molecular formula is C10H13NO4. The van der Waals surface area contributed by atoms with Gasteiger partial charge in [-0.2, -0.15) is 0 Å². The smallest absolute Gasteiger partial charge is 0.255 e. The van der Waals surface area contributed by atoms with Crippen molar-refractivity contribution in [3.63, 3.8) is 0 Å². The Labute approximate surface area is 87.0 Å². The van der Waals surface area contributed by atoms with E-state index in [1.165, 1.54) is 12.1 Å². The van der Waals surface area contributed by atoms with E-state index in [0.717, 1.165) is 0 Å². The van der Waals surface area contributed by atoms with E-state index < -0.39 is 11.9 Å². The molecule has 82 valence electrons. The van der Waals surface area contributed by atoms with Crippen LogP contribution in [-0.4, -0.2) is 40.5 Å². The summed E-state index contributed by atoms with van der Waals surface area (Å²) in [5.74, 6) is -0.661. The quantitative estimate of drug-likeness (QED) is 0.539. The molecule has 4 N–H and O–H groups in total. The number of phenolic OH excluding ortho intramolecular Hbond substituents is 1. The highest BCUT2D eigenvalue weighted by molar-refractivity contribution is 5.96. The lowest BCUT2D eigenvalue weighted by Gasteiger charge is -2.13. The summed E-state index contributed by atoms with van der Waals surface area (Å²) in [5, 5.41) is 29.2. The molecule has 0 heterocycles. The van der Waals surface area contributed by atoms with Gasteiger partial charge in [0.05, 0.1) is 24.8 Å². The van der Waals surface area contributed by atoms with Gasteiger partial charge in [0.1, 0.15) is 5.75 Å². The van der Waals surface area contributed by atoms with Crippen molar-refractivity contribution in [3.05, 3.63) is 29.8 Å². The van der Waals surface area contributed by atoms with Crippen LogP contribution in [0.4, 0.5) is 0 Å². The first-order valence-corrected chi connectivity index (χ1v) is 4.49. The summed E-state index contributed by atoms with van der Waals surface area (Å²) in [4.78, 5) is 11.5. The van der Waals surface area contributed by atoms with Crippen LogP contribution in [0.1, 0.15) is 10.4 Å². The number of phenols is 1. The number of hydrogen-bond donors (Lipinski definition) is 4. The second-order valence-electron chi connectivity index (χ2n) is 3.05. The standard InChI is InChI=1S/C10H13NO4/c12-5-7(6-13)11-10(15)8-3-1-2-4-9(8)14/h1-4,7,12-14H,5-6H2,(H,11,15). The number of amides is 1. The molecule has 1 aromatic carbocycles. The molecule has 0 fully saturated rings. The van der Waals surface area contributed by atoms with Gasteiger partial charge in [-0.25, -0.2) is 0 Å². The van der Waals surface area contributed by atoms with Gasteiger partial charge in [0.2, 0.25) is 0 Å². The molecule has 1 aromatic rings. The number of rotatable bonds is 4. The van der Waals surface area contributed by atoms with E-state index in [4.69, 9.17) is 10.2 Å². The number of nitrogens with one attached hydrogen (secondary N) is 1. The lowest BCUT2D eigenvalue weighted by molar-refractivity contribution is 0.0876. The minimum atomic E-state index is -0.711. The molecule has 5 heteroatoms. The third kappa shape index (κ3) is 2.93. The average Bonchev–Trinajstić information content (AvgIpc) is 2.26. The summed E-state index contributed by atoms with van der Waals surface area (Å²) in [6.45, 7) is -0.703. The summed E-state index contributed by atoms with van der Waals surface area (Å²) >= 11 is 0. The van der Waals surface area contributed by atoms with E-state index in [1.807, 2.05) is 0 Å². The van der Waals surface area contributed by atoms with Crippen LogP contribution >= 0.6 is 0 Å². The molecule has 0 saturated heterocycles. The van der Waals surface area contributed by atoms with Gasteiger partial charge in [0.25, 0.3) is 5.91 Å². The van der Waals surface area contributed by atoms with E-state index in [2.05, 4.69) is 5.32 Å². The number of carbonyl (C=O) groups is 1. The zero-order chi connectivity index (χ0) is 11.3. The Morgan fingerprint density at radius 2 is 1.87 bits per heavy atom. The highest BCUT2D eigenvalue weighted by Crippen LogP contribution is 2.15. The van der Waals surface area contributed by atoms with E-state index in [0.29, 0.717) is 0 Å². The predicted molar refractivity (Wildman–Crippen MR) is 53.5 cm³/mol. The molecule has 0 aliphatic carbocycles. The summed E-state index contributed by atoms with van der Waals surface area (Å²) in [6.07, 6.45) is 0. The van der Waals surface area contributed by atoms with Crippen LogP contribution in [0.5, 0.6) is 5.75 Å². The predicted octanol–water partition coefficient (Wildman–Crippen LogP) is -0.525. The summed E-state index contributed by atoms with van der Waals surface area (Å²) in [5.41, 5.74) is 0.115. The lowest BCUT2D eigenvalue weighted by atomic mass is 10.2. The number of para-hydroxylation sites is 1. The van der Waals surface area contributed by atoms with Crippen LogP contribution in [0.25, 0.3) is 0 Å². The molecular weight excluding hydrogens is 198 g/mol. The van der Waals surface area contributed by atoms with Gasteiger partial charge in [-0.1, -0.05) is 12.1 Å². The van der Waals surface area contributed by atoms with Crippen LogP contribution in [0, 0.1) is 0 Å². The fourth-order valence-electron chi connectivity index (χ4n) is 1.08. The molecule has 0 unspecified atom stereocenters. The average molecular weight is 211 g/mol. The minimum absolute atomic E-state index is 0.115. The minimum Gasteiger partial charge on any atom is -0.507 e. The van der Waals surface area contributed by atoms with Gasteiger partial charge in [-0.05, 0) is 12.1 Å². The van der Waals surface area contributed by atoms with Gasteiger partial charge >= 0.3 is 0 Å². The van der Waals surface area contributed by atoms with Crippen molar-refractivity contribution in [1.29, 1.82) is 0 Å².